The van der Waals surface area contributed by atoms with Crippen molar-refractivity contribution < 1.29 is 23.5 Å². The molecule has 110 valence electrons. The van der Waals surface area contributed by atoms with Gasteiger partial charge in [-0.15, -0.1) is 0 Å². The third-order valence-corrected chi connectivity index (χ3v) is 4.53. The van der Waals surface area contributed by atoms with Gasteiger partial charge in [0.2, 0.25) is 9.84 Å². The largest absolute Gasteiger partial charge is 0.733 e. The normalized spacial score (nSPS) is 11.1. The van der Waals surface area contributed by atoms with Gasteiger partial charge in [-0.05, 0) is 42.5 Å². The Morgan fingerprint density at radius 1 is 1.05 bits per heavy atom. The number of carboxylic acid groups (broad SMARTS) is 1. The molecule has 0 aromatic heterocycles. The van der Waals surface area contributed by atoms with E-state index in [1.165, 1.54) is 18.2 Å². The van der Waals surface area contributed by atoms with Crippen LogP contribution in [0.4, 0.5) is 5.69 Å². The van der Waals surface area contributed by atoms with E-state index in [0.717, 1.165) is 30.3 Å². The lowest BCUT2D eigenvalue weighted by molar-refractivity contribution is 0.0696. The van der Waals surface area contributed by atoms with Crippen molar-refractivity contribution >= 4 is 21.5 Å². The van der Waals surface area contributed by atoms with Gasteiger partial charge in [0.25, 0.3) is 0 Å². The molecule has 0 bridgehead atoms. The van der Waals surface area contributed by atoms with Gasteiger partial charge in [-0.2, -0.15) is 0 Å². The second-order valence-electron chi connectivity index (χ2n) is 4.10. The second kappa shape index (κ2) is 5.52. The fraction of sp³-hybridized carbons (Fsp3) is 0. The Bertz CT molecular complexity index is 768. The first-order chi connectivity index (χ1) is 9.82. The summed E-state index contributed by atoms with van der Waals surface area (Å²) < 4.78 is 24.7. The molecule has 0 saturated heterocycles. The lowest BCUT2D eigenvalue weighted by Gasteiger charge is -2.21. The second-order valence-corrected chi connectivity index (χ2v) is 6.05. The van der Waals surface area contributed by atoms with Gasteiger partial charge in [-0.3, -0.25) is 5.21 Å². The number of nitrogens with zero attached hydrogens (tertiary/aromatic N) is 1. The minimum Gasteiger partial charge on any atom is -0.733 e. The van der Waals surface area contributed by atoms with E-state index in [2.05, 4.69) is 0 Å². The molecule has 0 aliphatic carbocycles. The molecule has 0 radical (unpaired) electrons. The predicted octanol–water partition coefficient (Wildman–Crippen LogP) is 1.91. The summed E-state index contributed by atoms with van der Waals surface area (Å²) in [4.78, 5) is 10.6. The Kier molecular flexibility index (Phi) is 3.94. The molecular formula is C13H10NO6S-. The first kappa shape index (κ1) is 15.0. The number of aromatic carboxylic acids is 1. The van der Waals surface area contributed by atoms with Crippen molar-refractivity contribution in [1.29, 1.82) is 0 Å². The van der Waals surface area contributed by atoms with Crippen LogP contribution in [0.1, 0.15) is 10.4 Å². The maximum Gasteiger partial charge on any atom is 0.335 e. The molecule has 7 nitrogen and oxygen atoms in total. The molecule has 0 fully saturated rings. The van der Waals surface area contributed by atoms with Crippen molar-refractivity contribution in [3.63, 3.8) is 0 Å². The van der Waals surface area contributed by atoms with Gasteiger partial charge in [0.15, 0.2) is 0 Å². The summed E-state index contributed by atoms with van der Waals surface area (Å²) in [6, 6.07) is 9.53. The summed E-state index contributed by atoms with van der Waals surface area (Å²) in [5, 5.41) is 27.8. The van der Waals surface area contributed by atoms with E-state index in [4.69, 9.17) is 10.3 Å². The predicted molar refractivity (Wildman–Crippen MR) is 72.9 cm³/mol. The summed E-state index contributed by atoms with van der Waals surface area (Å²) in [7, 11) is -3.90. The third kappa shape index (κ3) is 3.02. The van der Waals surface area contributed by atoms with Crippen LogP contribution in [0.25, 0.3) is 0 Å². The van der Waals surface area contributed by atoms with Crippen molar-refractivity contribution in [3.05, 3.63) is 59.3 Å². The molecule has 21 heavy (non-hydrogen) atoms. The smallest absolute Gasteiger partial charge is 0.335 e. The number of rotatable bonds is 4. The SMILES string of the molecule is O=C(O)c1cccc(S(=O)(=O)c2ccc(N([O-])O)cc2)c1. The monoisotopic (exact) mass is 308 g/mol. The fourth-order valence-electron chi connectivity index (χ4n) is 1.69. The molecule has 0 amide bonds. The highest BCUT2D eigenvalue weighted by Gasteiger charge is 2.19. The average molecular weight is 308 g/mol. The highest BCUT2D eigenvalue weighted by molar-refractivity contribution is 7.91. The van der Waals surface area contributed by atoms with Crippen molar-refractivity contribution in [2.75, 3.05) is 5.23 Å². The molecular weight excluding hydrogens is 298 g/mol. The summed E-state index contributed by atoms with van der Waals surface area (Å²) in [6.45, 7) is 0. The van der Waals surface area contributed by atoms with Crippen LogP contribution in [-0.4, -0.2) is 24.7 Å². The Morgan fingerprint density at radius 2 is 1.67 bits per heavy atom. The van der Waals surface area contributed by atoms with Crippen molar-refractivity contribution in [3.8, 4) is 0 Å². The fourth-order valence-corrected chi connectivity index (χ4v) is 2.99. The topological polar surface area (TPSA) is 118 Å². The number of hydrogen-bond acceptors (Lipinski definition) is 6. The van der Waals surface area contributed by atoms with E-state index < -0.39 is 15.8 Å². The molecule has 0 heterocycles. The van der Waals surface area contributed by atoms with Crippen LogP contribution >= 0.6 is 0 Å². The van der Waals surface area contributed by atoms with Gasteiger partial charge in [-0.25, -0.2) is 13.2 Å². The number of hydrogen-bond donors (Lipinski definition) is 2. The molecule has 2 N–H and O–H groups in total. The Balaban J connectivity index is 2.46. The third-order valence-electron chi connectivity index (χ3n) is 2.76. The summed E-state index contributed by atoms with van der Waals surface area (Å²) >= 11 is 0. The van der Waals surface area contributed by atoms with E-state index in [9.17, 15) is 18.4 Å². The van der Waals surface area contributed by atoms with E-state index in [1.807, 2.05) is 0 Å². The summed E-state index contributed by atoms with van der Waals surface area (Å²) in [5.41, 5.74) is -0.262. The minimum atomic E-state index is -3.90. The zero-order chi connectivity index (χ0) is 15.6. The van der Waals surface area contributed by atoms with E-state index in [-0.39, 0.29) is 26.3 Å². The van der Waals surface area contributed by atoms with Crippen molar-refractivity contribution in [2.24, 2.45) is 0 Å². The standard InChI is InChI=1S/C13H10NO6S/c15-13(16)9-2-1-3-12(8-9)21(19,20)11-6-4-10(5-7-11)14(17)18/h1-8,17H,(H,15,16)/q-1. The molecule has 0 aliphatic rings. The van der Waals surface area contributed by atoms with Crippen molar-refractivity contribution in [2.45, 2.75) is 9.79 Å². The van der Waals surface area contributed by atoms with E-state index >= 15 is 0 Å². The van der Waals surface area contributed by atoms with Gasteiger partial charge in [-0.1, -0.05) is 6.07 Å². The van der Waals surface area contributed by atoms with Gasteiger partial charge in [0.1, 0.15) is 0 Å². The quantitative estimate of drug-likeness (QED) is 0.828. The van der Waals surface area contributed by atoms with Crippen LogP contribution < -0.4 is 5.23 Å². The van der Waals surface area contributed by atoms with Crippen LogP contribution in [0.2, 0.25) is 0 Å². The number of carboxylic acids is 1. The molecule has 2 aromatic carbocycles. The van der Waals surface area contributed by atoms with Gasteiger partial charge >= 0.3 is 5.97 Å². The molecule has 0 unspecified atom stereocenters. The first-order valence-electron chi connectivity index (χ1n) is 5.67. The Hall–Kier alpha value is -2.42. The maximum atomic E-state index is 12.3. The van der Waals surface area contributed by atoms with E-state index in [0.29, 0.717) is 0 Å². The number of benzene rings is 2. The molecule has 0 spiro atoms. The zero-order valence-corrected chi connectivity index (χ0v) is 11.3. The van der Waals surface area contributed by atoms with Crippen LogP contribution in [0.5, 0.6) is 0 Å². The molecule has 0 aliphatic heterocycles. The number of anilines is 1. The van der Waals surface area contributed by atoms with Gasteiger partial charge in [0, 0.05) is 0 Å². The van der Waals surface area contributed by atoms with Crippen molar-refractivity contribution in [1.82, 2.24) is 0 Å². The summed E-state index contributed by atoms with van der Waals surface area (Å²) in [5.74, 6) is -1.23. The van der Waals surface area contributed by atoms with Gasteiger partial charge in [0.05, 0.1) is 21.0 Å². The molecule has 0 saturated carbocycles. The molecule has 0 atom stereocenters. The highest BCUT2D eigenvalue weighted by Crippen LogP contribution is 2.23. The average Bonchev–Trinajstić information content (AvgIpc) is 2.47. The van der Waals surface area contributed by atoms with Crippen LogP contribution in [0, 0.1) is 5.21 Å². The minimum absolute atomic E-state index is 0.115. The molecule has 8 heteroatoms. The Labute approximate surface area is 120 Å². The number of carbonyl (C=O) groups is 1. The summed E-state index contributed by atoms with van der Waals surface area (Å²) in [6.07, 6.45) is 0. The van der Waals surface area contributed by atoms with Crippen LogP contribution in [0.3, 0.4) is 0 Å². The lowest BCUT2D eigenvalue weighted by Crippen LogP contribution is -2.08. The van der Waals surface area contributed by atoms with E-state index in [1.54, 1.807) is 0 Å². The first-order valence-corrected chi connectivity index (χ1v) is 7.15. The zero-order valence-electron chi connectivity index (χ0n) is 10.5. The van der Waals surface area contributed by atoms with Crippen LogP contribution in [0.15, 0.2) is 58.3 Å². The van der Waals surface area contributed by atoms with Gasteiger partial charge < -0.3 is 15.5 Å². The Morgan fingerprint density at radius 3 is 2.19 bits per heavy atom. The molecule has 2 rings (SSSR count). The maximum absolute atomic E-state index is 12.3. The lowest BCUT2D eigenvalue weighted by atomic mass is 10.2. The highest BCUT2D eigenvalue weighted by atomic mass is 32.2. The van der Waals surface area contributed by atoms with Crippen LogP contribution in [-0.2, 0) is 9.84 Å². The number of sulfone groups is 1. The molecule has 2 aromatic rings.